The van der Waals surface area contributed by atoms with Gasteiger partial charge in [0.15, 0.2) is 0 Å². The highest BCUT2D eigenvalue weighted by atomic mass is 16.6. The minimum atomic E-state index is -0.400. The average Bonchev–Trinajstić information content (AvgIpc) is 2.53. The first kappa shape index (κ1) is 12.5. The molecule has 1 rings (SSSR count). The molecule has 1 saturated heterocycles. The molecular formula is C11H21NO3. The molecule has 0 aromatic heterocycles. The Balaban J connectivity index is 2.06. The van der Waals surface area contributed by atoms with E-state index in [1.165, 1.54) is 0 Å². The standard InChI is InChI=1S/C11H21NO3/c1-11(2,3)15-10(13)8-12-7-9-5-4-6-14-9/h9,12H,4-8H2,1-3H3. The van der Waals surface area contributed by atoms with Crippen LogP contribution in [0.1, 0.15) is 33.6 Å². The first-order valence-corrected chi connectivity index (χ1v) is 5.51. The van der Waals surface area contributed by atoms with Crippen molar-refractivity contribution in [1.82, 2.24) is 5.32 Å². The maximum atomic E-state index is 11.3. The van der Waals surface area contributed by atoms with E-state index >= 15 is 0 Å². The quantitative estimate of drug-likeness (QED) is 0.713. The molecule has 88 valence electrons. The molecule has 1 aliphatic rings. The summed E-state index contributed by atoms with van der Waals surface area (Å²) in [5, 5.41) is 3.05. The molecule has 0 spiro atoms. The average molecular weight is 215 g/mol. The van der Waals surface area contributed by atoms with Crippen molar-refractivity contribution in [3.63, 3.8) is 0 Å². The molecule has 4 nitrogen and oxygen atoms in total. The van der Waals surface area contributed by atoms with Gasteiger partial charge in [0.25, 0.3) is 0 Å². The third kappa shape index (κ3) is 5.74. The molecule has 1 fully saturated rings. The summed E-state index contributed by atoms with van der Waals surface area (Å²) in [6.07, 6.45) is 2.48. The maximum absolute atomic E-state index is 11.3. The van der Waals surface area contributed by atoms with Crippen LogP contribution in [0.5, 0.6) is 0 Å². The van der Waals surface area contributed by atoms with Crippen LogP contribution in [0.3, 0.4) is 0 Å². The maximum Gasteiger partial charge on any atom is 0.320 e. The Labute approximate surface area is 91.3 Å². The molecule has 1 N–H and O–H groups in total. The first-order valence-electron chi connectivity index (χ1n) is 5.51. The van der Waals surface area contributed by atoms with Crippen LogP contribution in [0.2, 0.25) is 0 Å². The van der Waals surface area contributed by atoms with Gasteiger partial charge in [-0.05, 0) is 33.6 Å². The summed E-state index contributed by atoms with van der Waals surface area (Å²) in [6, 6.07) is 0. The van der Waals surface area contributed by atoms with Crippen LogP contribution in [0.15, 0.2) is 0 Å². The van der Waals surface area contributed by atoms with E-state index in [2.05, 4.69) is 5.32 Å². The Morgan fingerprint density at radius 3 is 2.80 bits per heavy atom. The van der Waals surface area contributed by atoms with Crippen LogP contribution < -0.4 is 5.32 Å². The number of hydrogen-bond acceptors (Lipinski definition) is 4. The number of carbonyl (C=O) groups is 1. The number of ether oxygens (including phenoxy) is 2. The summed E-state index contributed by atoms with van der Waals surface area (Å²) in [5.41, 5.74) is -0.400. The molecular weight excluding hydrogens is 194 g/mol. The van der Waals surface area contributed by atoms with E-state index in [9.17, 15) is 4.79 Å². The van der Waals surface area contributed by atoms with Gasteiger partial charge in [-0.3, -0.25) is 4.79 Å². The fraction of sp³-hybridized carbons (Fsp3) is 0.909. The van der Waals surface area contributed by atoms with E-state index in [4.69, 9.17) is 9.47 Å². The molecule has 0 radical (unpaired) electrons. The Kier molecular flexibility index (Phi) is 4.54. The number of esters is 1. The first-order chi connectivity index (χ1) is 6.97. The van der Waals surface area contributed by atoms with Crippen LogP contribution in [-0.2, 0) is 14.3 Å². The highest BCUT2D eigenvalue weighted by molar-refractivity contribution is 5.72. The lowest BCUT2D eigenvalue weighted by Gasteiger charge is -2.20. The molecule has 0 aromatic carbocycles. The minimum absolute atomic E-state index is 0.208. The van der Waals surface area contributed by atoms with Crippen molar-refractivity contribution in [2.75, 3.05) is 19.7 Å². The Morgan fingerprint density at radius 2 is 2.27 bits per heavy atom. The van der Waals surface area contributed by atoms with Gasteiger partial charge in [-0.15, -0.1) is 0 Å². The summed E-state index contributed by atoms with van der Waals surface area (Å²) in [6.45, 7) is 7.44. The van der Waals surface area contributed by atoms with Crippen molar-refractivity contribution in [3.05, 3.63) is 0 Å². The zero-order valence-corrected chi connectivity index (χ0v) is 9.84. The van der Waals surface area contributed by atoms with Gasteiger partial charge in [-0.1, -0.05) is 0 Å². The molecule has 0 bridgehead atoms. The van der Waals surface area contributed by atoms with E-state index < -0.39 is 5.60 Å². The lowest BCUT2D eigenvalue weighted by atomic mass is 10.2. The van der Waals surface area contributed by atoms with Crippen LogP contribution in [0.25, 0.3) is 0 Å². The van der Waals surface area contributed by atoms with Crippen molar-refractivity contribution in [1.29, 1.82) is 0 Å². The summed E-state index contributed by atoms with van der Waals surface area (Å²) in [7, 11) is 0. The summed E-state index contributed by atoms with van der Waals surface area (Å²) >= 11 is 0. The van der Waals surface area contributed by atoms with Crippen molar-refractivity contribution in [3.8, 4) is 0 Å². The van der Waals surface area contributed by atoms with Gasteiger partial charge in [0.2, 0.25) is 0 Å². The van der Waals surface area contributed by atoms with Crippen molar-refractivity contribution >= 4 is 5.97 Å². The number of carbonyl (C=O) groups excluding carboxylic acids is 1. The summed E-state index contributed by atoms with van der Waals surface area (Å²) in [4.78, 5) is 11.3. The monoisotopic (exact) mass is 215 g/mol. The van der Waals surface area contributed by atoms with E-state index in [1.807, 2.05) is 20.8 Å². The second kappa shape index (κ2) is 5.47. The highest BCUT2D eigenvalue weighted by Crippen LogP contribution is 2.10. The van der Waals surface area contributed by atoms with E-state index in [1.54, 1.807) is 0 Å². The molecule has 1 heterocycles. The van der Waals surface area contributed by atoms with Crippen LogP contribution in [0, 0.1) is 0 Å². The second-order valence-electron chi connectivity index (χ2n) is 4.85. The van der Waals surface area contributed by atoms with Crippen LogP contribution >= 0.6 is 0 Å². The Morgan fingerprint density at radius 1 is 1.53 bits per heavy atom. The van der Waals surface area contributed by atoms with Gasteiger partial charge in [-0.25, -0.2) is 0 Å². The third-order valence-corrected chi connectivity index (χ3v) is 2.09. The molecule has 4 heteroatoms. The zero-order chi connectivity index (χ0) is 11.3. The fourth-order valence-corrected chi connectivity index (χ4v) is 1.52. The van der Waals surface area contributed by atoms with Gasteiger partial charge in [-0.2, -0.15) is 0 Å². The van der Waals surface area contributed by atoms with Crippen LogP contribution in [-0.4, -0.2) is 37.4 Å². The molecule has 0 saturated carbocycles. The Bertz CT molecular complexity index is 204. The van der Waals surface area contributed by atoms with E-state index in [-0.39, 0.29) is 18.6 Å². The molecule has 1 atom stereocenters. The van der Waals surface area contributed by atoms with Gasteiger partial charge < -0.3 is 14.8 Å². The third-order valence-electron chi connectivity index (χ3n) is 2.09. The zero-order valence-electron chi connectivity index (χ0n) is 9.84. The van der Waals surface area contributed by atoms with E-state index in [0.717, 1.165) is 26.0 Å². The molecule has 0 amide bonds. The molecule has 0 aromatic rings. The summed E-state index contributed by atoms with van der Waals surface area (Å²) < 4.78 is 10.6. The normalized spacial score (nSPS) is 21.7. The second-order valence-corrected chi connectivity index (χ2v) is 4.85. The van der Waals surface area contributed by atoms with Gasteiger partial charge in [0.1, 0.15) is 5.60 Å². The molecule has 0 aliphatic carbocycles. The SMILES string of the molecule is CC(C)(C)OC(=O)CNCC1CCCO1. The van der Waals surface area contributed by atoms with E-state index in [0.29, 0.717) is 0 Å². The minimum Gasteiger partial charge on any atom is -0.459 e. The molecule has 1 aliphatic heterocycles. The smallest absolute Gasteiger partial charge is 0.320 e. The molecule has 1 unspecified atom stereocenters. The predicted octanol–water partition coefficient (Wildman–Crippen LogP) is 1.10. The van der Waals surface area contributed by atoms with Crippen molar-refractivity contribution in [2.24, 2.45) is 0 Å². The van der Waals surface area contributed by atoms with Crippen molar-refractivity contribution < 1.29 is 14.3 Å². The summed E-state index contributed by atoms with van der Waals surface area (Å²) in [5.74, 6) is -0.208. The predicted molar refractivity (Wildman–Crippen MR) is 57.7 cm³/mol. The van der Waals surface area contributed by atoms with Gasteiger partial charge in [0.05, 0.1) is 12.6 Å². The number of hydrogen-bond donors (Lipinski definition) is 1. The number of nitrogens with one attached hydrogen (secondary N) is 1. The van der Waals surface area contributed by atoms with Gasteiger partial charge >= 0.3 is 5.97 Å². The Hall–Kier alpha value is -0.610. The number of rotatable bonds is 4. The lowest BCUT2D eigenvalue weighted by molar-refractivity contribution is -0.153. The largest absolute Gasteiger partial charge is 0.459 e. The molecule has 15 heavy (non-hydrogen) atoms. The topological polar surface area (TPSA) is 47.6 Å². The fourth-order valence-electron chi connectivity index (χ4n) is 1.52. The van der Waals surface area contributed by atoms with Gasteiger partial charge in [0, 0.05) is 13.2 Å². The highest BCUT2D eigenvalue weighted by Gasteiger charge is 2.18. The van der Waals surface area contributed by atoms with Crippen LogP contribution in [0.4, 0.5) is 0 Å². The van der Waals surface area contributed by atoms with Crippen molar-refractivity contribution in [2.45, 2.75) is 45.3 Å². The lowest BCUT2D eigenvalue weighted by Crippen LogP contribution is -2.35.